The molecule has 2 aromatic carbocycles. The van der Waals surface area contributed by atoms with Gasteiger partial charge in [-0.25, -0.2) is 0 Å². The maximum atomic E-state index is 11.6. The molecule has 0 bridgehead atoms. The number of carboxylic acids is 1. The molecule has 0 aromatic heterocycles. The maximum Gasteiger partial charge on any atom is 0.311 e. The number of carbonyl (C=O) groups is 1. The summed E-state index contributed by atoms with van der Waals surface area (Å²) in [6, 6.07) is 15.1. The van der Waals surface area contributed by atoms with Gasteiger partial charge in [0.1, 0.15) is 5.75 Å². The van der Waals surface area contributed by atoms with Gasteiger partial charge in [-0.15, -0.1) is 0 Å². The standard InChI is InChI=1S/C18H19BrO3/c1-2-10-22-17-9-8-13(12-16(17)19)11-15(18(20)21)14-6-4-3-5-7-14/h3-9,12,15H,2,10-11H2,1H3,(H,20,21). The molecule has 0 aliphatic heterocycles. The van der Waals surface area contributed by atoms with Crippen LogP contribution in [0.25, 0.3) is 0 Å². The first-order valence-corrected chi connectivity index (χ1v) is 8.10. The number of benzene rings is 2. The van der Waals surface area contributed by atoms with Gasteiger partial charge >= 0.3 is 5.97 Å². The van der Waals surface area contributed by atoms with E-state index in [4.69, 9.17) is 4.74 Å². The summed E-state index contributed by atoms with van der Waals surface area (Å²) in [6.07, 6.45) is 1.40. The molecule has 0 aliphatic carbocycles. The van der Waals surface area contributed by atoms with E-state index in [-0.39, 0.29) is 0 Å². The van der Waals surface area contributed by atoms with Crippen molar-refractivity contribution in [2.45, 2.75) is 25.7 Å². The fourth-order valence-electron chi connectivity index (χ4n) is 2.27. The Balaban J connectivity index is 2.17. The van der Waals surface area contributed by atoms with E-state index < -0.39 is 11.9 Å². The Hall–Kier alpha value is -1.81. The Bertz CT molecular complexity index is 625. The maximum absolute atomic E-state index is 11.6. The summed E-state index contributed by atoms with van der Waals surface area (Å²) in [6.45, 7) is 2.72. The molecule has 0 saturated carbocycles. The van der Waals surface area contributed by atoms with Gasteiger partial charge in [0.05, 0.1) is 17.0 Å². The highest BCUT2D eigenvalue weighted by molar-refractivity contribution is 9.10. The van der Waals surface area contributed by atoms with E-state index in [1.165, 1.54) is 0 Å². The van der Waals surface area contributed by atoms with Crippen LogP contribution in [0.3, 0.4) is 0 Å². The van der Waals surface area contributed by atoms with Crippen molar-refractivity contribution < 1.29 is 14.6 Å². The van der Waals surface area contributed by atoms with Crippen LogP contribution in [0.15, 0.2) is 53.0 Å². The lowest BCUT2D eigenvalue weighted by Gasteiger charge is -2.14. The predicted molar refractivity (Wildman–Crippen MR) is 90.5 cm³/mol. The van der Waals surface area contributed by atoms with Crippen LogP contribution in [0.5, 0.6) is 5.75 Å². The van der Waals surface area contributed by atoms with Gasteiger partial charge in [-0.3, -0.25) is 4.79 Å². The monoisotopic (exact) mass is 362 g/mol. The number of carboxylic acid groups (broad SMARTS) is 1. The van der Waals surface area contributed by atoms with E-state index in [1.54, 1.807) is 0 Å². The Labute approximate surface area is 139 Å². The van der Waals surface area contributed by atoms with Crippen LogP contribution in [0.2, 0.25) is 0 Å². The van der Waals surface area contributed by atoms with Gasteiger partial charge in [-0.2, -0.15) is 0 Å². The molecule has 0 amide bonds. The van der Waals surface area contributed by atoms with Crippen LogP contribution in [0.1, 0.15) is 30.4 Å². The Morgan fingerprint density at radius 1 is 1.23 bits per heavy atom. The molecule has 2 rings (SSSR count). The third-order valence-electron chi connectivity index (χ3n) is 3.40. The predicted octanol–water partition coefficient (Wildman–Crippen LogP) is 4.65. The molecular weight excluding hydrogens is 344 g/mol. The molecule has 3 nitrogen and oxygen atoms in total. The number of halogens is 1. The summed E-state index contributed by atoms with van der Waals surface area (Å²) >= 11 is 3.49. The molecule has 0 spiro atoms. The molecule has 1 N–H and O–H groups in total. The molecule has 0 saturated heterocycles. The van der Waals surface area contributed by atoms with Crippen LogP contribution in [-0.4, -0.2) is 17.7 Å². The highest BCUT2D eigenvalue weighted by Gasteiger charge is 2.20. The second kappa shape index (κ2) is 7.99. The van der Waals surface area contributed by atoms with Crippen LogP contribution in [0.4, 0.5) is 0 Å². The molecule has 0 heterocycles. The fraction of sp³-hybridized carbons (Fsp3) is 0.278. The van der Waals surface area contributed by atoms with Crippen molar-refractivity contribution in [3.63, 3.8) is 0 Å². The Morgan fingerprint density at radius 2 is 1.95 bits per heavy atom. The molecule has 1 unspecified atom stereocenters. The van der Waals surface area contributed by atoms with E-state index in [0.717, 1.165) is 27.8 Å². The second-order valence-corrected chi connectivity index (χ2v) is 5.97. The smallest absolute Gasteiger partial charge is 0.311 e. The van der Waals surface area contributed by atoms with Crippen LogP contribution in [-0.2, 0) is 11.2 Å². The summed E-state index contributed by atoms with van der Waals surface area (Å²) in [5.41, 5.74) is 1.78. The summed E-state index contributed by atoms with van der Waals surface area (Å²) < 4.78 is 6.47. The highest BCUT2D eigenvalue weighted by atomic mass is 79.9. The van der Waals surface area contributed by atoms with Crippen molar-refractivity contribution in [1.82, 2.24) is 0 Å². The molecule has 4 heteroatoms. The molecule has 2 aromatic rings. The Morgan fingerprint density at radius 3 is 2.55 bits per heavy atom. The Kier molecular flexibility index (Phi) is 6.01. The van der Waals surface area contributed by atoms with Crippen LogP contribution in [0, 0.1) is 0 Å². The number of aliphatic carboxylic acids is 1. The van der Waals surface area contributed by atoms with Crippen molar-refractivity contribution in [2.24, 2.45) is 0 Å². The van der Waals surface area contributed by atoms with Gasteiger partial charge in [-0.05, 0) is 52.0 Å². The van der Waals surface area contributed by atoms with Gasteiger partial charge in [0, 0.05) is 0 Å². The number of rotatable bonds is 7. The highest BCUT2D eigenvalue weighted by Crippen LogP contribution is 2.29. The lowest BCUT2D eigenvalue weighted by atomic mass is 9.92. The number of hydrogen-bond acceptors (Lipinski definition) is 2. The van der Waals surface area contributed by atoms with E-state index in [1.807, 2.05) is 48.5 Å². The van der Waals surface area contributed by atoms with Crippen molar-refractivity contribution >= 4 is 21.9 Å². The molecular formula is C18H19BrO3. The number of ether oxygens (including phenoxy) is 1. The minimum atomic E-state index is -0.811. The van der Waals surface area contributed by atoms with Crippen molar-refractivity contribution in [1.29, 1.82) is 0 Å². The van der Waals surface area contributed by atoms with Gasteiger partial charge < -0.3 is 9.84 Å². The first-order valence-electron chi connectivity index (χ1n) is 7.30. The average Bonchev–Trinajstić information content (AvgIpc) is 2.52. The van der Waals surface area contributed by atoms with Gasteiger partial charge in [0.15, 0.2) is 0 Å². The third kappa shape index (κ3) is 4.34. The van der Waals surface area contributed by atoms with Crippen LogP contribution >= 0.6 is 15.9 Å². The van der Waals surface area contributed by atoms with Gasteiger partial charge in [0.25, 0.3) is 0 Å². The summed E-state index contributed by atoms with van der Waals surface area (Å²) in [7, 11) is 0. The van der Waals surface area contributed by atoms with E-state index in [9.17, 15) is 9.90 Å². The second-order valence-electron chi connectivity index (χ2n) is 5.12. The van der Waals surface area contributed by atoms with Crippen molar-refractivity contribution in [2.75, 3.05) is 6.61 Å². The molecule has 0 radical (unpaired) electrons. The van der Waals surface area contributed by atoms with E-state index in [2.05, 4.69) is 22.9 Å². The third-order valence-corrected chi connectivity index (χ3v) is 4.02. The summed E-state index contributed by atoms with van der Waals surface area (Å²) in [5, 5.41) is 9.49. The first-order chi connectivity index (χ1) is 10.6. The summed E-state index contributed by atoms with van der Waals surface area (Å²) in [4.78, 5) is 11.6. The summed E-state index contributed by atoms with van der Waals surface area (Å²) in [5.74, 6) is -0.568. The molecule has 116 valence electrons. The number of hydrogen-bond donors (Lipinski definition) is 1. The zero-order valence-corrected chi connectivity index (χ0v) is 14.0. The SMILES string of the molecule is CCCOc1ccc(CC(C(=O)O)c2ccccc2)cc1Br. The molecule has 0 fully saturated rings. The lowest BCUT2D eigenvalue weighted by Crippen LogP contribution is -2.14. The van der Waals surface area contributed by atoms with Crippen molar-refractivity contribution in [3.05, 3.63) is 64.1 Å². The zero-order valence-electron chi connectivity index (χ0n) is 12.5. The van der Waals surface area contributed by atoms with Crippen LogP contribution < -0.4 is 4.74 Å². The molecule has 0 aliphatic rings. The minimum Gasteiger partial charge on any atom is -0.492 e. The van der Waals surface area contributed by atoms with Gasteiger partial charge in [0.2, 0.25) is 0 Å². The molecule has 22 heavy (non-hydrogen) atoms. The normalized spacial score (nSPS) is 11.9. The van der Waals surface area contributed by atoms with E-state index in [0.29, 0.717) is 13.0 Å². The largest absolute Gasteiger partial charge is 0.492 e. The first kappa shape index (κ1) is 16.6. The van der Waals surface area contributed by atoms with Gasteiger partial charge in [-0.1, -0.05) is 43.3 Å². The zero-order chi connectivity index (χ0) is 15.9. The average molecular weight is 363 g/mol. The quantitative estimate of drug-likeness (QED) is 0.779. The topological polar surface area (TPSA) is 46.5 Å². The molecule has 1 atom stereocenters. The fourth-order valence-corrected chi connectivity index (χ4v) is 2.81. The van der Waals surface area contributed by atoms with E-state index >= 15 is 0 Å². The lowest BCUT2D eigenvalue weighted by molar-refractivity contribution is -0.138. The van der Waals surface area contributed by atoms with Crippen molar-refractivity contribution in [3.8, 4) is 5.75 Å². The minimum absolute atomic E-state index is 0.450.